The van der Waals surface area contributed by atoms with Gasteiger partial charge < -0.3 is 4.74 Å². The van der Waals surface area contributed by atoms with Gasteiger partial charge in [-0.15, -0.1) is 0 Å². The molecule has 0 unspecified atom stereocenters. The summed E-state index contributed by atoms with van der Waals surface area (Å²) in [6.07, 6.45) is 0.497. The third-order valence-corrected chi connectivity index (χ3v) is 3.26. The molecule has 0 aliphatic carbocycles. The highest BCUT2D eigenvalue weighted by Gasteiger charge is 2.12. The molecule has 0 bridgehead atoms. The predicted molar refractivity (Wildman–Crippen MR) is 78.5 cm³/mol. The molecule has 0 aromatic heterocycles. The molecule has 104 valence electrons. The van der Waals surface area contributed by atoms with Crippen LogP contribution in [-0.2, 0) is 6.42 Å². The number of halogens is 1. The number of nitro benzene ring substituents is 1. The first-order chi connectivity index (χ1) is 9.61. The second-order valence-electron chi connectivity index (χ2n) is 4.25. The molecule has 0 aliphatic heterocycles. The van der Waals surface area contributed by atoms with Crippen LogP contribution in [0.1, 0.15) is 18.1 Å². The van der Waals surface area contributed by atoms with Crippen molar-refractivity contribution in [2.75, 3.05) is 6.61 Å². The van der Waals surface area contributed by atoms with Crippen LogP contribution in [0.25, 0.3) is 0 Å². The number of para-hydroxylation sites is 1. The van der Waals surface area contributed by atoms with Crippen molar-refractivity contribution in [3.63, 3.8) is 0 Å². The van der Waals surface area contributed by atoms with Crippen molar-refractivity contribution in [1.29, 1.82) is 0 Å². The molecule has 20 heavy (non-hydrogen) atoms. The van der Waals surface area contributed by atoms with Gasteiger partial charge in [-0.1, -0.05) is 29.8 Å². The normalized spacial score (nSPS) is 10.3. The Kier molecular flexibility index (Phi) is 4.58. The molecule has 2 aromatic rings. The number of non-ortho nitro benzene ring substituents is 1. The molecule has 0 saturated carbocycles. The van der Waals surface area contributed by atoms with Gasteiger partial charge in [0.2, 0.25) is 0 Å². The zero-order chi connectivity index (χ0) is 14.5. The van der Waals surface area contributed by atoms with Gasteiger partial charge in [0.25, 0.3) is 5.69 Å². The Morgan fingerprint density at radius 3 is 2.65 bits per heavy atom. The van der Waals surface area contributed by atoms with E-state index in [4.69, 9.17) is 16.3 Å². The van der Waals surface area contributed by atoms with E-state index in [2.05, 4.69) is 0 Å². The summed E-state index contributed by atoms with van der Waals surface area (Å²) in [5.74, 6) is 0.776. The van der Waals surface area contributed by atoms with Gasteiger partial charge in [-0.25, -0.2) is 0 Å². The summed E-state index contributed by atoms with van der Waals surface area (Å²) in [4.78, 5) is 10.4. The van der Waals surface area contributed by atoms with E-state index in [0.29, 0.717) is 23.6 Å². The molecule has 0 aliphatic rings. The molecule has 0 heterocycles. The molecule has 0 atom stereocenters. The van der Waals surface area contributed by atoms with Gasteiger partial charge >= 0.3 is 0 Å². The van der Waals surface area contributed by atoms with E-state index in [1.165, 1.54) is 12.1 Å². The Hall–Kier alpha value is -2.07. The third-order valence-electron chi connectivity index (χ3n) is 2.89. The number of rotatable bonds is 5. The Bertz CT molecular complexity index is 628. The van der Waals surface area contributed by atoms with Gasteiger partial charge in [-0.05, 0) is 30.2 Å². The molecular weight excluding hydrogens is 278 g/mol. The minimum absolute atomic E-state index is 0.0401. The van der Waals surface area contributed by atoms with Crippen molar-refractivity contribution in [3.05, 3.63) is 68.7 Å². The monoisotopic (exact) mass is 291 g/mol. The van der Waals surface area contributed by atoms with Crippen molar-refractivity contribution in [1.82, 2.24) is 0 Å². The highest BCUT2D eigenvalue weighted by Crippen LogP contribution is 2.28. The lowest BCUT2D eigenvalue weighted by Crippen LogP contribution is -1.98. The van der Waals surface area contributed by atoms with E-state index in [1.54, 1.807) is 6.07 Å². The van der Waals surface area contributed by atoms with Crippen LogP contribution in [-0.4, -0.2) is 11.5 Å². The molecule has 0 spiro atoms. The largest absolute Gasteiger partial charge is 0.494 e. The lowest BCUT2D eigenvalue weighted by Gasteiger charge is -2.10. The van der Waals surface area contributed by atoms with Gasteiger partial charge in [-0.3, -0.25) is 10.1 Å². The number of benzene rings is 2. The average Bonchev–Trinajstić information content (AvgIpc) is 2.43. The average molecular weight is 292 g/mol. The van der Waals surface area contributed by atoms with E-state index in [1.807, 2.05) is 31.2 Å². The molecule has 0 fully saturated rings. The van der Waals surface area contributed by atoms with Crippen LogP contribution in [0.3, 0.4) is 0 Å². The maximum atomic E-state index is 10.8. The van der Waals surface area contributed by atoms with E-state index in [9.17, 15) is 10.1 Å². The summed E-state index contributed by atoms with van der Waals surface area (Å²) < 4.78 is 5.55. The summed E-state index contributed by atoms with van der Waals surface area (Å²) in [7, 11) is 0. The van der Waals surface area contributed by atoms with Gasteiger partial charge in [0.1, 0.15) is 5.75 Å². The van der Waals surface area contributed by atoms with Gasteiger partial charge in [0, 0.05) is 23.6 Å². The first-order valence-corrected chi connectivity index (χ1v) is 6.63. The minimum Gasteiger partial charge on any atom is -0.494 e. The molecule has 0 radical (unpaired) electrons. The van der Waals surface area contributed by atoms with Crippen molar-refractivity contribution < 1.29 is 9.66 Å². The van der Waals surface area contributed by atoms with Crippen LogP contribution < -0.4 is 4.74 Å². The van der Waals surface area contributed by atoms with Crippen LogP contribution >= 0.6 is 11.6 Å². The Balaban J connectivity index is 2.34. The molecular formula is C15H14ClNO3. The van der Waals surface area contributed by atoms with E-state index < -0.39 is 4.92 Å². The Morgan fingerprint density at radius 1 is 1.20 bits per heavy atom. The second-order valence-corrected chi connectivity index (χ2v) is 4.66. The number of ether oxygens (including phenoxy) is 1. The van der Waals surface area contributed by atoms with E-state index >= 15 is 0 Å². The lowest BCUT2D eigenvalue weighted by molar-refractivity contribution is -0.384. The summed E-state index contributed by atoms with van der Waals surface area (Å²) in [5, 5.41) is 11.3. The van der Waals surface area contributed by atoms with Gasteiger partial charge in [-0.2, -0.15) is 0 Å². The van der Waals surface area contributed by atoms with Crippen molar-refractivity contribution in [2.24, 2.45) is 0 Å². The van der Waals surface area contributed by atoms with Crippen molar-refractivity contribution >= 4 is 17.3 Å². The number of hydrogen-bond acceptors (Lipinski definition) is 3. The molecule has 2 rings (SSSR count). The minimum atomic E-state index is -0.422. The fourth-order valence-electron chi connectivity index (χ4n) is 1.96. The smallest absolute Gasteiger partial charge is 0.269 e. The molecule has 4 nitrogen and oxygen atoms in total. The Labute approximate surface area is 122 Å². The fourth-order valence-corrected chi connectivity index (χ4v) is 2.15. The van der Waals surface area contributed by atoms with Crippen LogP contribution in [0.4, 0.5) is 5.69 Å². The van der Waals surface area contributed by atoms with Crippen molar-refractivity contribution in [2.45, 2.75) is 13.3 Å². The first kappa shape index (κ1) is 14.3. The van der Waals surface area contributed by atoms with Crippen LogP contribution in [0.5, 0.6) is 5.75 Å². The SMILES string of the molecule is CCOc1ccccc1Cc1cc([N+](=O)[O-])ccc1Cl. The topological polar surface area (TPSA) is 52.4 Å². The maximum absolute atomic E-state index is 10.8. The quantitative estimate of drug-likeness (QED) is 0.611. The molecule has 5 heteroatoms. The fraction of sp³-hybridized carbons (Fsp3) is 0.200. The maximum Gasteiger partial charge on any atom is 0.269 e. The Morgan fingerprint density at radius 2 is 1.95 bits per heavy atom. The summed E-state index contributed by atoms with van der Waals surface area (Å²) >= 11 is 6.12. The van der Waals surface area contributed by atoms with E-state index in [-0.39, 0.29) is 5.69 Å². The van der Waals surface area contributed by atoms with E-state index in [0.717, 1.165) is 11.3 Å². The zero-order valence-corrected chi connectivity index (χ0v) is 11.8. The second kappa shape index (κ2) is 6.39. The summed E-state index contributed by atoms with van der Waals surface area (Å²) in [6, 6.07) is 12.1. The number of nitro groups is 1. The molecule has 0 saturated heterocycles. The van der Waals surface area contributed by atoms with Crippen LogP contribution in [0, 0.1) is 10.1 Å². The lowest BCUT2D eigenvalue weighted by atomic mass is 10.0. The zero-order valence-electron chi connectivity index (χ0n) is 11.0. The molecule has 0 amide bonds. The van der Waals surface area contributed by atoms with Gasteiger partial charge in [0.05, 0.1) is 11.5 Å². The summed E-state index contributed by atoms with van der Waals surface area (Å²) in [5.41, 5.74) is 1.71. The number of hydrogen-bond donors (Lipinski definition) is 0. The first-order valence-electron chi connectivity index (χ1n) is 6.25. The number of nitrogens with zero attached hydrogens (tertiary/aromatic N) is 1. The molecule has 0 N–H and O–H groups in total. The predicted octanol–water partition coefficient (Wildman–Crippen LogP) is 4.24. The standard InChI is InChI=1S/C15H14ClNO3/c1-2-20-15-6-4-3-5-11(15)9-12-10-13(17(18)19)7-8-14(12)16/h3-8,10H,2,9H2,1H3. The third kappa shape index (κ3) is 3.27. The molecule has 2 aromatic carbocycles. The van der Waals surface area contributed by atoms with Crippen LogP contribution in [0.15, 0.2) is 42.5 Å². The van der Waals surface area contributed by atoms with Crippen LogP contribution in [0.2, 0.25) is 5.02 Å². The highest BCUT2D eigenvalue weighted by atomic mass is 35.5. The van der Waals surface area contributed by atoms with Gasteiger partial charge in [0.15, 0.2) is 0 Å². The highest BCUT2D eigenvalue weighted by molar-refractivity contribution is 6.31. The van der Waals surface area contributed by atoms with Crippen molar-refractivity contribution in [3.8, 4) is 5.75 Å². The summed E-state index contributed by atoms with van der Waals surface area (Å²) in [6.45, 7) is 2.48.